The minimum atomic E-state index is -1.17. The number of thiocarbonyl (C=S) groups is 1. The van der Waals surface area contributed by atoms with E-state index in [2.05, 4.69) is 10.6 Å². The molecule has 6 nitrogen and oxygen atoms in total. The molecule has 1 heterocycles. The smallest absolute Gasteiger partial charge is 0.371 e. The first-order chi connectivity index (χ1) is 13.3. The number of carbonyl (C=O) groups is 2. The van der Waals surface area contributed by atoms with Crippen molar-refractivity contribution in [3.63, 3.8) is 0 Å². The summed E-state index contributed by atoms with van der Waals surface area (Å²) >= 11 is 11.3. The quantitative estimate of drug-likeness (QED) is 0.534. The van der Waals surface area contributed by atoms with Crippen molar-refractivity contribution in [2.45, 2.75) is 6.92 Å². The Labute approximate surface area is 171 Å². The number of halogens is 1. The molecule has 0 atom stereocenters. The van der Waals surface area contributed by atoms with E-state index in [9.17, 15) is 9.59 Å². The number of carboxylic acids is 1. The molecule has 0 saturated carbocycles. The molecular formula is C20H15ClN2O4S. The highest BCUT2D eigenvalue weighted by molar-refractivity contribution is 7.80. The van der Waals surface area contributed by atoms with Crippen LogP contribution in [0.25, 0.3) is 11.3 Å². The molecule has 28 heavy (non-hydrogen) atoms. The van der Waals surface area contributed by atoms with E-state index in [0.29, 0.717) is 27.6 Å². The van der Waals surface area contributed by atoms with Crippen LogP contribution < -0.4 is 10.6 Å². The average Bonchev–Trinajstić information content (AvgIpc) is 3.12. The summed E-state index contributed by atoms with van der Waals surface area (Å²) < 4.78 is 5.34. The summed E-state index contributed by atoms with van der Waals surface area (Å²) in [5, 5.41) is 15.0. The molecule has 0 saturated heterocycles. The number of nitrogens with one attached hydrogen (secondary N) is 2. The summed E-state index contributed by atoms with van der Waals surface area (Å²) in [7, 11) is 0. The molecule has 0 aliphatic heterocycles. The number of anilines is 1. The van der Waals surface area contributed by atoms with E-state index in [4.69, 9.17) is 33.3 Å². The molecule has 1 aromatic heterocycles. The van der Waals surface area contributed by atoms with Crippen LogP contribution in [0.2, 0.25) is 5.02 Å². The largest absolute Gasteiger partial charge is 0.475 e. The highest BCUT2D eigenvalue weighted by atomic mass is 35.5. The van der Waals surface area contributed by atoms with Crippen LogP contribution in [0, 0.1) is 6.92 Å². The van der Waals surface area contributed by atoms with Crippen LogP contribution in [0.15, 0.2) is 59.0 Å². The van der Waals surface area contributed by atoms with Crippen molar-refractivity contribution in [2.75, 3.05) is 5.32 Å². The van der Waals surface area contributed by atoms with E-state index in [1.807, 2.05) is 19.1 Å². The second-order valence-electron chi connectivity index (χ2n) is 5.93. The monoisotopic (exact) mass is 414 g/mol. The van der Waals surface area contributed by atoms with Gasteiger partial charge in [-0.1, -0.05) is 29.3 Å². The normalized spacial score (nSPS) is 10.4. The number of carboxylic acid groups (broad SMARTS) is 1. The SMILES string of the molecule is Cc1ccc(C(=O)NC(=S)Nc2cc(Cl)ccc2-c2ccc(C(=O)O)o2)cc1. The average molecular weight is 415 g/mol. The number of aryl methyl sites for hydroxylation is 1. The topological polar surface area (TPSA) is 91.6 Å². The van der Waals surface area contributed by atoms with Crippen LogP contribution in [0.5, 0.6) is 0 Å². The van der Waals surface area contributed by atoms with Gasteiger partial charge in [-0.15, -0.1) is 0 Å². The number of hydrogen-bond donors (Lipinski definition) is 3. The number of furan rings is 1. The summed E-state index contributed by atoms with van der Waals surface area (Å²) in [6.45, 7) is 1.93. The van der Waals surface area contributed by atoms with Crippen LogP contribution in [-0.2, 0) is 0 Å². The van der Waals surface area contributed by atoms with Gasteiger partial charge >= 0.3 is 5.97 Å². The second-order valence-corrected chi connectivity index (χ2v) is 6.78. The van der Waals surface area contributed by atoms with Crippen molar-refractivity contribution in [1.29, 1.82) is 0 Å². The van der Waals surface area contributed by atoms with E-state index >= 15 is 0 Å². The van der Waals surface area contributed by atoms with Crippen molar-refractivity contribution in [2.24, 2.45) is 0 Å². The van der Waals surface area contributed by atoms with E-state index in [0.717, 1.165) is 5.56 Å². The zero-order valence-electron chi connectivity index (χ0n) is 14.7. The Balaban J connectivity index is 1.80. The fraction of sp³-hybridized carbons (Fsp3) is 0.0500. The van der Waals surface area contributed by atoms with Crippen LogP contribution in [0.4, 0.5) is 5.69 Å². The van der Waals surface area contributed by atoms with Crippen molar-refractivity contribution in [3.05, 3.63) is 76.5 Å². The molecule has 142 valence electrons. The summed E-state index contributed by atoms with van der Waals surface area (Å²) in [5.74, 6) is -1.39. The molecule has 3 rings (SSSR count). The van der Waals surface area contributed by atoms with Crippen LogP contribution in [-0.4, -0.2) is 22.1 Å². The molecule has 2 aromatic carbocycles. The second kappa shape index (κ2) is 8.24. The predicted molar refractivity (Wildman–Crippen MR) is 111 cm³/mol. The molecule has 0 radical (unpaired) electrons. The number of benzene rings is 2. The molecule has 0 fully saturated rings. The molecule has 0 bridgehead atoms. The van der Waals surface area contributed by atoms with Gasteiger partial charge in [-0.25, -0.2) is 4.79 Å². The first-order valence-electron chi connectivity index (χ1n) is 8.15. The van der Waals surface area contributed by atoms with Crippen molar-refractivity contribution in [3.8, 4) is 11.3 Å². The van der Waals surface area contributed by atoms with Gasteiger partial charge in [0.2, 0.25) is 5.76 Å². The van der Waals surface area contributed by atoms with E-state index in [-0.39, 0.29) is 16.8 Å². The van der Waals surface area contributed by atoms with Gasteiger partial charge in [0.15, 0.2) is 5.11 Å². The van der Waals surface area contributed by atoms with Gasteiger partial charge in [-0.2, -0.15) is 0 Å². The first kappa shape index (κ1) is 19.6. The summed E-state index contributed by atoms with van der Waals surface area (Å²) in [6, 6.07) is 14.9. The Morgan fingerprint density at radius 1 is 1.07 bits per heavy atom. The lowest BCUT2D eigenvalue weighted by Gasteiger charge is -2.13. The van der Waals surface area contributed by atoms with Gasteiger partial charge in [0.25, 0.3) is 5.91 Å². The molecule has 0 unspecified atom stereocenters. The highest BCUT2D eigenvalue weighted by Gasteiger charge is 2.15. The van der Waals surface area contributed by atoms with Gasteiger partial charge in [0.1, 0.15) is 5.76 Å². The zero-order valence-corrected chi connectivity index (χ0v) is 16.2. The number of carbonyl (C=O) groups excluding carboxylic acids is 1. The minimum Gasteiger partial charge on any atom is -0.475 e. The van der Waals surface area contributed by atoms with Gasteiger partial charge < -0.3 is 14.8 Å². The Bertz CT molecular complexity index is 1060. The first-order valence-corrected chi connectivity index (χ1v) is 8.94. The van der Waals surface area contributed by atoms with Gasteiger partial charge in [0.05, 0.1) is 5.69 Å². The number of hydrogen-bond acceptors (Lipinski definition) is 4. The molecule has 3 N–H and O–H groups in total. The van der Waals surface area contributed by atoms with Crippen LogP contribution in [0.3, 0.4) is 0 Å². The van der Waals surface area contributed by atoms with Crippen molar-refractivity contribution in [1.82, 2.24) is 5.32 Å². The minimum absolute atomic E-state index is 0.0686. The summed E-state index contributed by atoms with van der Waals surface area (Å²) in [6.07, 6.45) is 0. The third-order valence-electron chi connectivity index (χ3n) is 3.85. The Kier molecular flexibility index (Phi) is 5.77. The van der Waals surface area contributed by atoms with Gasteiger partial charge in [-0.05, 0) is 61.6 Å². The third-order valence-corrected chi connectivity index (χ3v) is 4.29. The summed E-state index contributed by atoms with van der Waals surface area (Å²) in [5.41, 5.74) is 2.52. The molecule has 0 aliphatic rings. The fourth-order valence-corrected chi connectivity index (χ4v) is 2.84. The lowest BCUT2D eigenvalue weighted by atomic mass is 10.1. The third kappa shape index (κ3) is 4.57. The number of rotatable bonds is 4. The molecule has 0 spiro atoms. The Morgan fingerprint density at radius 3 is 2.43 bits per heavy atom. The van der Waals surface area contributed by atoms with E-state index < -0.39 is 5.97 Å². The zero-order chi connectivity index (χ0) is 20.3. The maximum Gasteiger partial charge on any atom is 0.371 e. The number of amides is 1. The van der Waals surface area contributed by atoms with Gasteiger partial charge in [-0.3, -0.25) is 10.1 Å². The lowest BCUT2D eigenvalue weighted by Crippen LogP contribution is -2.34. The molecule has 1 amide bonds. The maximum absolute atomic E-state index is 12.3. The van der Waals surface area contributed by atoms with Crippen LogP contribution >= 0.6 is 23.8 Å². The van der Waals surface area contributed by atoms with Crippen LogP contribution in [0.1, 0.15) is 26.5 Å². The fourth-order valence-electron chi connectivity index (χ4n) is 2.47. The van der Waals surface area contributed by atoms with Crippen molar-refractivity contribution >= 4 is 46.5 Å². The molecule has 0 aliphatic carbocycles. The standard InChI is InChI=1S/C20H15ClN2O4S/c1-11-2-4-12(5-3-11)18(24)23-20(28)22-15-10-13(21)6-7-14(15)16-8-9-17(27-16)19(25)26/h2-10H,1H3,(H,25,26)(H2,22,23,24,28). The lowest BCUT2D eigenvalue weighted by molar-refractivity contribution is 0.0663. The number of aromatic carboxylic acids is 1. The van der Waals surface area contributed by atoms with Gasteiger partial charge in [0, 0.05) is 16.1 Å². The molecular weight excluding hydrogens is 400 g/mol. The highest BCUT2D eigenvalue weighted by Crippen LogP contribution is 2.32. The summed E-state index contributed by atoms with van der Waals surface area (Å²) in [4.78, 5) is 23.3. The Morgan fingerprint density at radius 2 is 1.79 bits per heavy atom. The molecule has 8 heteroatoms. The molecule has 3 aromatic rings. The Hall–Kier alpha value is -3.16. The van der Waals surface area contributed by atoms with Crippen molar-refractivity contribution < 1.29 is 19.1 Å². The van der Waals surface area contributed by atoms with E-state index in [1.54, 1.807) is 30.3 Å². The van der Waals surface area contributed by atoms with E-state index in [1.165, 1.54) is 12.1 Å². The predicted octanol–water partition coefficient (Wildman–Crippen LogP) is 4.73. The maximum atomic E-state index is 12.3.